The molecule has 0 radical (unpaired) electrons. The summed E-state index contributed by atoms with van der Waals surface area (Å²) in [6.07, 6.45) is 0. The van der Waals surface area contributed by atoms with Gasteiger partial charge in [0.05, 0.1) is 5.69 Å². The van der Waals surface area contributed by atoms with Gasteiger partial charge in [-0.1, -0.05) is 30.3 Å². The summed E-state index contributed by atoms with van der Waals surface area (Å²) in [5.74, 6) is 0. The summed E-state index contributed by atoms with van der Waals surface area (Å²) in [7, 11) is 3.35. The van der Waals surface area contributed by atoms with Crippen LogP contribution in [-0.2, 0) is 9.05 Å². The van der Waals surface area contributed by atoms with E-state index in [0.29, 0.717) is 11.1 Å². The lowest BCUT2D eigenvalue weighted by Crippen LogP contribution is -1.99. The van der Waals surface area contributed by atoms with Crippen LogP contribution < -0.4 is 5.32 Å². The average molecular weight is 256 g/mol. The molecule has 0 aliphatic heterocycles. The number of fused-ring (bicyclic) bond motifs is 1. The van der Waals surface area contributed by atoms with Crippen molar-refractivity contribution in [2.45, 2.75) is 4.90 Å². The van der Waals surface area contributed by atoms with Crippen molar-refractivity contribution in [3.63, 3.8) is 0 Å². The molecule has 0 fully saturated rings. The van der Waals surface area contributed by atoms with Crippen molar-refractivity contribution in [3.05, 3.63) is 36.4 Å². The molecule has 0 amide bonds. The molecule has 0 heterocycles. The SMILES string of the molecule is CNc1ccc2ccccc2c1S(=O)(=O)Cl. The van der Waals surface area contributed by atoms with E-state index in [1.165, 1.54) is 0 Å². The van der Waals surface area contributed by atoms with Gasteiger partial charge in [0.1, 0.15) is 4.90 Å². The molecular weight excluding hydrogens is 246 g/mol. The van der Waals surface area contributed by atoms with Crippen LogP contribution in [0, 0.1) is 0 Å². The minimum atomic E-state index is -3.76. The van der Waals surface area contributed by atoms with Gasteiger partial charge in [-0.3, -0.25) is 0 Å². The fraction of sp³-hybridized carbons (Fsp3) is 0.0909. The summed E-state index contributed by atoms with van der Waals surface area (Å²) < 4.78 is 23.1. The highest BCUT2D eigenvalue weighted by Gasteiger charge is 2.18. The van der Waals surface area contributed by atoms with Gasteiger partial charge in [0.2, 0.25) is 0 Å². The number of anilines is 1. The van der Waals surface area contributed by atoms with Gasteiger partial charge in [0.25, 0.3) is 9.05 Å². The normalized spacial score (nSPS) is 11.6. The third kappa shape index (κ3) is 1.86. The molecule has 1 N–H and O–H groups in total. The first-order valence-corrected chi connectivity index (χ1v) is 6.99. The molecule has 0 atom stereocenters. The molecule has 2 rings (SSSR count). The third-order valence-electron chi connectivity index (χ3n) is 2.39. The van der Waals surface area contributed by atoms with Crippen LogP contribution in [0.2, 0.25) is 0 Å². The van der Waals surface area contributed by atoms with Gasteiger partial charge in [-0.2, -0.15) is 0 Å². The zero-order valence-electron chi connectivity index (χ0n) is 8.57. The first-order chi connectivity index (χ1) is 7.54. The molecule has 5 heteroatoms. The van der Waals surface area contributed by atoms with E-state index >= 15 is 0 Å². The molecule has 0 saturated heterocycles. The van der Waals surface area contributed by atoms with Crippen LogP contribution >= 0.6 is 10.7 Å². The Morgan fingerprint density at radius 3 is 2.44 bits per heavy atom. The van der Waals surface area contributed by atoms with Crippen LogP contribution in [0.5, 0.6) is 0 Å². The molecule has 0 saturated carbocycles. The molecule has 0 bridgehead atoms. The molecule has 0 spiro atoms. The molecule has 0 aromatic heterocycles. The number of nitrogens with one attached hydrogen (secondary N) is 1. The topological polar surface area (TPSA) is 46.2 Å². The van der Waals surface area contributed by atoms with Crippen LogP contribution in [0.3, 0.4) is 0 Å². The molecule has 2 aromatic rings. The number of rotatable bonds is 2. The van der Waals surface area contributed by atoms with Crippen molar-refractivity contribution >= 4 is 36.2 Å². The Hall–Kier alpha value is -1.26. The lowest BCUT2D eigenvalue weighted by atomic mass is 10.1. The standard InChI is InChI=1S/C11H10ClNO2S/c1-13-10-7-6-8-4-2-3-5-9(8)11(10)16(12,14)15/h2-7,13H,1H3. The average Bonchev–Trinajstić information content (AvgIpc) is 2.26. The van der Waals surface area contributed by atoms with E-state index in [1.807, 2.05) is 18.2 Å². The fourth-order valence-electron chi connectivity index (χ4n) is 1.70. The summed E-state index contributed by atoms with van der Waals surface area (Å²) in [4.78, 5) is 0.134. The van der Waals surface area contributed by atoms with E-state index in [9.17, 15) is 8.42 Å². The van der Waals surface area contributed by atoms with Gasteiger partial charge < -0.3 is 5.32 Å². The monoisotopic (exact) mass is 255 g/mol. The largest absolute Gasteiger partial charge is 0.387 e. The maximum absolute atomic E-state index is 11.6. The van der Waals surface area contributed by atoms with Crippen LogP contribution in [0.15, 0.2) is 41.3 Å². The predicted molar refractivity (Wildman–Crippen MR) is 66.5 cm³/mol. The minimum absolute atomic E-state index is 0.134. The molecule has 2 aromatic carbocycles. The zero-order chi connectivity index (χ0) is 11.8. The van der Waals surface area contributed by atoms with Crippen molar-refractivity contribution < 1.29 is 8.42 Å². The van der Waals surface area contributed by atoms with E-state index in [1.54, 1.807) is 25.2 Å². The van der Waals surface area contributed by atoms with Gasteiger partial charge in [-0.05, 0) is 11.5 Å². The van der Waals surface area contributed by atoms with E-state index in [2.05, 4.69) is 5.32 Å². The highest BCUT2D eigenvalue weighted by molar-refractivity contribution is 8.14. The summed E-state index contributed by atoms with van der Waals surface area (Å²) in [6, 6.07) is 10.8. The van der Waals surface area contributed by atoms with Crippen LogP contribution in [0.4, 0.5) is 5.69 Å². The van der Waals surface area contributed by atoms with E-state index in [-0.39, 0.29) is 4.90 Å². The second kappa shape index (κ2) is 3.96. The number of halogens is 1. The van der Waals surface area contributed by atoms with Crippen molar-refractivity contribution in [1.29, 1.82) is 0 Å². The molecule has 0 aliphatic rings. The first-order valence-electron chi connectivity index (χ1n) is 4.68. The van der Waals surface area contributed by atoms with Gasteiger partial charge in [-0.25, -0.2) is 8.42 Å². The summed E-state index contributed by atoms with van der Waals surface area (Å²) >= 11 is 0. The molecular formula is C11H10ClNO2S. The Morgan fingerprint density at radius 1 is 1.12 bits per heavy atom. The smallest absolute Gasteiger partial charge is 0.263 e. The van der Waals surface area contributed by atoms with Crippen LogP contribution in [0.25, 0.3) is 10.8 Å². The Bertz CT molecular complexity index is 637. The third-order valence-corrected chi connectivity index (χ3v) is 3.78. The lowest BCUT2D eigenvalue weighted by Gasteiger charge is -2.09. The molecule has 0 unspecified atom stereocenters. The quantitative estimate of drug-likeness (QED) is 0.840. The van der Waals surface area contributed by atoms with Crippen LogP contribution in [-0.4, -0.2) is 15.5 Å². The van der Waals surface area contributed by atoms with E-state index in [0.717, 1.165) is 5.39 Å². The fourth-order valence-corrected chi connectivity index (χ4v) is 3.08. The summed E-state index contributed by atoms with van der Waals surface area (Å²) in [5, 5.41) is 4.31. The van der Waals surface area contributed by atoms with Crippen molar-refractivity contribution in [3.8, 4) is 0 Å². The minimum Gasteiger partial charge on any atom is -0.387 e. The molecule has 16 heavy (non-hydrogen) atoms. The number of hydrogen-bond acceptors (Lipinski definition) is 3. The Kier molecular flexibility index (Phi) is 2.78. The number of hydrogen-bond donors (Lipinski definition) is 1. The van der Waals surface area contributed by atoms with E-state index < -0.39 is 9.05 Å². The highest BCUT2D eigenvalue weighted by Crippen LogP contribution is 2.32. The second-order valence-electron chi connectivity index (χ2n) is 3.35. The summed E-state index contributed by atoms with van der Waals surface area (Å²) in [5.41, 5.74) is 0.508. The Labute approximate surface area is 98.5 Å². The maximum Gasteiger partial charge on any atom is 0.263 e. The Morgan fingerprint density at radius 2 is 1.81 bits per heavy atom. The molecule has 0 aliphatic carbocycles. The van der Waals surface area contributed by atoms with Gasteiger partial charge in [0, 0.05) is 23.1 Å². The summed E-state index contributed by atoms with van der Waals surface area (Å²) in [6.45, 7) is 0. The van der Waals surface area contributed by atoms with Crippen molar-refractivity contribution in [2.75, 3.05) is 12.4 Å². The van der Waals surface area contributed by atoms with Gasteiger partial charge >= 0.3 is 0 Å². The van der Waals surface area contributed by atoms with Crippen LogP contribution in [0.1, 0.15) is 0 Å². The second-order valence-corrected chi connectivity index (χ2v) is 5.85. The molecule has 84 valence electrons. The molecule has 3 nitrogen and oxygen atoms in total. The van der Waals surface area contributed by atoms with E-state index in [4.69, 9.17) is 10.7 Å². The maximum atomic E-state index is 11.6. The van der Waals surface area contributed by atoms with Gasteiger partial charge in [0.15, 0.2) is 0 Å². The predicted octanol–water partition coefficient (Wildman–Crippen LogP) is 2.81. The van der Waals surface area contributed by atoms with Crippen molar-refractivity contribution in [1.82, 2.24) is 0 Å². The first kappa shape index (κ1) is 11.2. The Balaban J connectivity index is 2.95. The zero-order valence-corrected chi connectivity index (χ0v) is 10.1. The number of benzene rings is 2. The lowest BCUT2D eigenvalue weighted by molar-refractivity contribution is 0.610. The highest BCUT2D eigenvalue weighted by atomic mass is 35.7. The van der Waals surface area contributed by atoms with Crippen molar-refractivity contribution in [2.24, 2.45) is 0 Å². The van der Waals surface area contributed by atoms with Gasteiger partial charge in [-0.15, -0.1) is 0 Å².